The van der Waals surface area contributed by atoms with Crippen molar-refractivity contribution in [1.29, 1.82) is 0 Å². The molecule has 5 aliphatic rings. The van der Waals surface area contributed by atoms with E-state index in [1.54, 1.807) is 13.8 Å². The standard InChI is InChI=1S/C40H40N6O4/c1-21(47)41-25-13-17-39(18-14-25)43-29-7-3-5-23-9-11-27(35(45-39)31(23)29)33-37(49)34(38(33)50)28-12-10-24-6-4-8-30-32(24)36(28)46-40(44-30)19-15-26(16-20-40)42-22(2)48/h3-12,25-26,43-45,49H,13-20H2,1-2H3,(H,41,47)(H,42,48). The molecule has 0 bridgehead atoms. The molecule has 6 N–H and O–H groups in total. The summed E-state index contributed by atoms with van der Waals surface area (Å²) in [6.07, 6.45) is 6.24. The maximum absolute atomic E-state index is 14.4. The molecule has 3 aliphatic carbocycles. The summed E-state index contributed by atoms with van der Waals surface area (Å²) in [5.74, 6) is -0.263. The zero-order chi connectivity index (χ0) is 34.4. The molecule has 10 heteroatoms. The number of hydrogen-bond donors (Lipinski definition) is 6. The van der Waals surface area contributed by atoms with E-state index >= 15 is 0 Å². The number of aliphatic hydroxyl groups excluding tert-OH is 1. The van der Waals surface area contributed by atoms with Crippen molar-refractivity contribution < 1.29 is 19.5 Å². The van der Waals surface area contributed by atoms with E-state index in [2.05, 4.69) is 44.8 Å². The van der Waals surface area contributed by atoms with Gasteiger partial charge in [0.25, 0.3) is 0 Å². The number of Topliss-reactive ketones (excluding diaryl/α,β-unsaturated/α-hetero) is 1. The van der Waals surface area contributed by atoms with Gasteiger partial charge in [-0.15, -0.1) is 0 Å². The number of amides is 2. The highest BCUT2D eigenvalue weighted by molar-refractivity contribution is 6.52. The van der Waals surface area contributed by atoms with Gasteiger partial charge in [-0.25, -0.2) is 0 Å². The number of rotatable bonds is 3. The predicted octanol–water partition coefficient (Wildman–Crippen LogP) is 5.13. The third-order valence-corrected chi connectivity index (χ3v) is 11.4. The van der Waals surface area contributed by atoms with Crippen molar-refractivity contribution in [2.24, 2.45) is 4.99 Å². The minimum absolute atomic E-state index is 0.0166. The highest BCUT2D eigenvalue weighted by Crippen LogP contribution is 2.49. The van der Waals surface area contributed by atoms with Gasteiger partial charge < -0.3 is 31.7 Å². The molecule has 2 saturated carbocycles. The number of hydrogen-bond acceptors (Lipinski definition) is 8. The summed E-state index contributed by atoms with van der Waals surface area (Å²) >= 11 is 0. The van der Waals surface area contributed by atoms with Crippen LogP contribution in [0, 0.1) is 0 Å². The van der Waals surface area contributed by atoms with Gasteiger partial charge in [0.15, 0.2) is 0 Å². The molecule has 4 aromatic carbocycles. The number of anilines is 3. The maximum atomic E-state index is 14.4. The largest absolute Gasteiger partial charge is 0.506 e. The van der Waals surface area contributed by atoms with Gasteiger partial charge in [-0.05, 0) is 74.3 Å². The Morgan fingerprint density at radius 3 is 1.98 bits per heavy atom. The molecule has 4 aromatic rings. The van der Waals surface area contributed by atoms with E-state index in [4.69, 9.17) is 4.99 Å². The summed E-state index contributed by atoms with van der Waals surface area (Å²) in [6.45, 7) is 3.11. The van der Waals surface area contributed by atoms with Crippen LogP contribution in [0.15, 0.2) is 71.4 Å². The first-order valence-electron chi connectivity index (χ1n) is 17.7. The van der Waals surface area contributed by atoms with Gasteiger partial charge in [-0.1, -0.05) is 48.5 Å². The van der Waals surface area contributed by atoms with Crippen molar-refractivity contribution in [3.63, 3.8) is 0 Å². The van der Waals surface area contributed by atoms with Crippen LogP contribution < -0.4 is 37.2 Å². The first-order chi connectivity index (χ1) is 24.1. The van der Waals surface area contributed by atoms with E-state index in [1.807, 2.05) is 42.5 Å². The number of benzene rings is 4. The molecule has 0 unspecified atom stereocenters. The Morgan fingerprint density at radius 1 is 0.740 bits per heavy atom. The highest BCUT2D eigenvalue weighted by atomic mass is 16.3. The van der Waals surface area contributed by atoms with Crippen LogP contribution in [0.5, 0.6) is 0 Å². The summed E-state index contributed by atoms with van der Waals surface area (Å²) in [7, 11) is 0. The average molecular weight is 669 g/mol. The van der Waals surface area contributed by atoms with Crippen molar-refractivity contribution >= 4 is 67.4 Å². The fraction of sp³-hybridized carbons (Fsp3) is 0.350. The van der Waals surface area contributed by atoms with Gasteiger partial charge in [-0.3, -0.25) is 19.4 Å². The highest BCUT2D eigenvalue weighted by Gasteiger charge is 2.43. The number of carbonyl (C=O) groups excluding carboxylic acids is 3. The van der Waals surface area contributed by atoms with Crippen LogP contribution in [-0.2, 0) is 14.4 Å². The first kappa shape index (κ1) is 30.7. The molecule has 0 atom stereocenters. The van der Waals surface area contributed by atoms with Crippen molar-refractivity contribution in [3.8, 4) is 0 Å². The zero-order valence-corrected chi connectivity index (χ0v) is 28.2. The molecule has 2 aliphatic heterocycles. The second-order valence-corrected chi connectivity index (χ2v) is 14.7. The Kier molecular flexibility index (Phi) is 6.79. The SMILES string of the molecule is CC(=O)NC1CCC2(CC1)N=c1c(=C3C(=O)C(c4ccc5cccc6c5c4NC4(CCC(NC(C)=O)CC4)N6)=C3O)ccc3cccc(c13)N2. The Hall–Kier alpha value is -5.38. The number of aliphatic hydroxyl groups is 1. The second kappa shape index (κ2) is 11.1. The van der Waals surface area contributed by atoms with Gasteiger partial charge in [0, 0.05) is 58.9 Å². The van der Waals surface area contributed by atoms with Crippen molar-refractivity contribution in [1.82, 2.24) is 10.6 Å². The van der Waals surface area contributed by atoms with Crippen LogP contribution in [-0.4, -0.2) is 46.1 Å². The van der Waals surface area contributed by atoms with E-state index in [0.29, 0.717) is 21.9 Å². The Morgan fingerprint density at radius 2 is 1.34 bits per heavy atom. The Bertz CT molecular complexity index is 2330. The van der Waals surface area contributed by atoms with Gasteiger partial charge in [0.2, 0.25) is 17.6 Å². The fourth-order valence-corrected chi connectivity index (χ4v) is 9.08. The summed E-state index contributed by atoms with van der Waals surface area (Å²) in [4.78, 5) is 43.2. The summed E-state index contributed by atoms with van der Waals surface area (Å²) in [5.41, 5.74) is 3.07. The monoisotopic (exact) mass is 668 g/mol. The first-order valence-corrected chi connectivity index (χ1v) is 17.7. The van der Waals surface area contributed by atoms with Crippen LogP contribution >= 0.6 is 0 Å². The number of nitrogens with one attached hydrogen (secondary N) is 5. The van der Waals surface area contributed by atoms with Crippen LogP contribution in [0.4, 0.5) is 17.1 Å². The molecule has 2 spiro atoms. The molecule has 2 fully saturated rings. The molecular formula is C40H40N6O4. The molecular weight excluding hydrogens is 628 g/mol. The van der Waals surface area contributed by atoms with E-state index in [0.717, 1.165) is 95.3 Å². The number of ketones is 1. The Labute approximate surface area is 289 Å². The molecule has 2 heterocycles. The van der Waals surface area contributed by atoms with E-state index < -0.39 is 11.3 Å². The normalized spacial score (nSPS) is 27.6. The van der Waals surface area contributed by atoms with Crippen LogP contribution in [0.2, 0.25) is 0 Å². The lowest BCUT2D eigenvalue weighted by molar-refractivity contribution is -0.120. The smallest absolute Gasteiger partial charge is 0.217 e. The van der Waals surface area contributed by atoms with Crippen molar-refractivity contribution in [3.05, 3.63) is 82.6 Å². The average Bonchev–Trinajstić information content (AvgIpc) is 3.09. The van der Waals surface area contributed by atoms with E-state index in [1.165, 1.54) is 0 Å². The lowest BCUT2D eigenvalue weighted by Crippen LogP contribution is -2.53. The van der Waals surface area contributed by atoms with Crippen LogP contribution in [0.25, 0.3) is 32.7 Å². The summed E-state index contributed by atoms with van der Waals surface area (Å²) in [5, 5.41) is 34.6. The summed E-state index contributed by atoms with van der Waals surface area (Å²) < 4.78 is 0. The van der Waals surface area contributed by atoms with Gasteiger partial charge in [0.1, 0.15) is 17.1 Å². The molecule has 10 nitrogen and oxygen atoms in total. The molecule has 0 aromatic heterocycles. The van der Waals surface area contributed by atoms with Gasteiger partial charge >= 0.3 is 0 Å². The molecule has 2 amide bonds. The molecule has 0 radical (unpaired) electrons. The topological polar surface area (TPSA) is 144 Å². The number of nitrogens with zero attached hydrogens (tertiary/aromatic N) is 1. The Balaban J connectivity index is 1.16. The number of carbonyl (C=O) groups is 3. The third kappa shape index (κ3) is 4.75. The predicted molar refractivity (Wildman–Crippen MR) is 195 cm³/mol. The zero-order valence-electron chi connectivity index (χ0n) is 28.2. The van der Waals surface area contributed by atoms with Crippen molar-refractivity contribution in [2.45, 2.75) is 88.6 Å². The van der Waals surface area contributed by atoms with E-state index in [-0.39, 0.29) is 35.4 Å². The minimum Gasteiger partial charge on any atom is -0.506 e. The third-order valence-electron chi connectivity index (χ3n) is 11.4. The van der Waals surface area contributed by atoms with Crippen molar-refractivity contribution in [2.75, 3.05) is 16.0 Å². The lowest BCUT2D eigenvalue weighted by Gasteiger charge is -2.46. The van der Waals surface area contributed by atoms with Gasteiger partial charge in [0.05, 0.1) is 22.2 Å². The molecule has 50 heavy (non-hydrogen) atoms. The fourth-order valence-electron chi connectivity index (χ4n) is 9.08. The summed E-state index contributed by atoms with van der Waals surface area (Å²) in [6, 6.07) is 20.4. The number of allylic oxidation sites excluding steroid dienone is 2. The molecule has 9 rings (SSSR count). The minimum atomic E-state index is -0.565. The lowest BCUT2D eigenvalue weighted by atomic mass is 9.78. The van der Waals surface area contributed by atoms with Crippen LogP contribution in [0.3, 0.4) is 0 Å². The second-order valence-electron chi connectivity index (χ2n) is 14.7. The molecule has 254 valence electrons. The molecule has 0 saturated heterocycles. The van der Waals surface area contributed by atoms with E-state index in [9.17, 15) is 19.5 Å². The quantitative estimate of drug-likeness (QED) is 0.178. The van der Waals surface area contributed by atoms with Crippen LogP contribution in [0.1, 0.15) is 70.8 Å². The maximum Gasteiger partial charge on any atom is 0.217 e. The van der Waals surface area contributed by atoms with Gasteiger partial charge in [-0.2, -0.15) is 0 Å².